The number of carbonyl (C=O) groups is 1. The number of benzene rings is 2. The van der Waals surface area contributed by atoms with Gasteiger partial charge in [-0.3, -0.25) is 4.79 Å². The zero-order valence-electron chi connectivity index (χ0n) is 26.9. The van der Waals surface area contributed by atoms with E-state index < -0.39 is 11.9 Å². The van der Waals surface area contributed by atoms with Crippen molar-refractivity contribution in [2.45, 2.75) is 108 Å². The van der Waals surface area contributed by atoms with E-state index >= 15 is 0 Å². The van der Waals surface area contributed by atoms with Crippen molar-refractivity contribution < 1.29 is 15.0 Å². The minimum atomic E-state index is -0.658. The Bertz CT molecular complexity index is 1250. The molecular weight excluding hydrogens is 542 g/mol. The molecule has 4 heteroatoms. The molecule has 6 atom stereocenters. The van der Waals surface area contributed by atoms with Gasteiger partial charge in [0.15, 0.2) is 0 Å². The van der Waals surface area contributed by atoms with Gasteiger partial charge in [-0.1, -0.05) is 92.8 Å². The topological polar surface area (TPSA) is 69.6 Å². The SMILES string of the molecule is CNC[C@@H]1CCC[C@@]2(C1)c1cccc(c1)C[C@@H](c1ccc(O)cc1)[C@H](CCCCCC[C@@H]1C=CCC1)C/C=C/C[C@H]2C(=O)O. The van der Waals surface area contributed by atoms with Crippen LogP contribution in [0, 0.1) is 23.7 Å². The summed E-state index contributed by atoms with van der Waals surface area (Å²) in [5, 5.41) is 24.1. The first-order chi connectivity index (χ1) is 21.5. The first-order valence-electron chi connectivity index (χ1n) is 17.6. The van der Waals surface area contributed by atoms with Crippen LogP contribution in [0.5, 0.6) is 5.75 Å². The van der Waals surface area contributed by atoms with E-state index in [0.717, 1.165) is 57.4 Å². The minimum Gasteiger partial charge on any atom is -0.508 e. The van der Waals surface area contributed by atoms with E-state index in [4.69, 9.17) is 0 Å². The van der Waals surface area contributed by atoms with E-state index in [1.54, 1.807) is 0 Å². The van der Waals surface area contributed by atoms with Crippen LogP contribution >= 0.6 is 0 Å². The van der Waals surface area contributed by atoms with Crippen LogP contribution in [-0.4, -0.2) is 29.8 Å². The highest BCUT2D eigenvalue weighted by molar-refractivity contribution is 5.73. The molecule has 0 radical (unpaired) electrons. The van der Waals surface area contributed by atoms with Crippen molar-refractivity contribution in [3.05, 3.63) is 89.5 Å². The molecule has 1 fully saturated rings. The summed E-state index contributed by atoms with van der Waals surface area (Å²) in [5.74, 6) is 1.32. The van der Waals surface area contributed by atoms with Gasteiger partial charge in [-0.05, 0) is 130 Å². The van der Waals surface area contributed by atoms with E-state index in [1.807, 2.05) is 19.2 Å². The number of hydrogen-bond donors (Lipinski definition) is 3. The first-order valence-corrected chi connectivity index (χ1v) is 17.6. The van der Waals surface area contributed by atoms with Crippen molar-refractivity contribution in [1.29, 1.82) is 0 Å². The highest BCUT2D eigenvalue weighted by Gasteiger charge is 2.47. The number of rotatable bonds is 11. The van der Waals surface area contributed by atoms with Crippen molar-refractivity contribution >= 4 is 5.97 Å². The molecule has 2 aromatic rings. The van der Waals surface area contributed by atoms with Gasteiger partial charge in [-0.2, -0.15) is 0 Å². The summed E-state index contributed by atoms with van der Waals surface area (Å²) in [6.07, 6.45) is 26.0. The summed E-state index contributed by atoms with van der Waals surface area (Å²) < 4.78 is 0. The number of fused-ring (bicyclic) bond motifs is 3. The molecule has 5 rings (SSSR count). The smallest absolute Gasteiger partial charge is 0.307 e. The van der Waals surface area contributed by atoms with Gasteiger partial charge in [0.05, 0.1) is 5.92 Å². The number of phenolic OH excluding ortho intramolecular Hbond substituents is 1. The lowest BCUT2D eigenvalue weighted by Crippen LogP contribution is -2.45. The maximum atomic E-state index is 13.0. The van der Waals surface area contributed by atoms with Crippen LogP contribution in [0.4, 0.5) is 0 Å². The van der Waals surface area contributed by atoms with E-state index in [9.17, 15) is 15.0 Å². The van der Waals surface area contributed by atoms with Crippen molar-refractivity contribution in [1.82, 2.24) is 5.32 Å². The van der Waals surface area contributed by atoms with Gasteiger partial charge in [0.25, 0.3) is 0 Å². The lowest BCUT2D eigenvalue weighted by molar-refractivity contribution is -0.145. The van der Waals surface area contributed by atoms with Crippen molar-refractivity contribution in [3.8, 4) is 5.75 Å². The highest BCUT2D eigenvalue weighted by Crippen LogP contribution is 2.49. The number of phenols is 1. The largest absolute Gasteiger partial charge is 0.508 e. The molecule has 3 N–H and O–H groups in total. The summed E-state index contributed by atoms with van der Waals surface area (Å²) in [7, 11) is 2.01. The number of allylic oxidation sites excluding steroid dienone is 4. The summed E-state index contributed by atoms with van der Waals surface area (Å²) in [6.45, 7) is 0.936. The zero-order valence-corrected chi connectivity index (χ0v) is 26.9. The molecule has 0 heterocycles. The molecule has 3 aliphatic carbocycles. The third-order valence-electron chi connectivity index (χ3n) is 11.2. The van der Waals surface area contributed by atoms with Crippen LogP contribution < -0.4 is 5.32 Å². The molecule has 0 unspecified atom stereocenters. The predicted molar refractivity (Wildman–Crippen MR) is 181 cm³/mol. The number of carboxylic acid groups (broad SMARTS) is 1. The zero-order chi connectivity index (χ0) is 30.8. The number of unbranched alkanes of at least 4 members (excludes halogenated alkanes) is 3. The average Bonchev–Trinajstić information content (AvgIpc) is 3.54. The fourth-order valence-corrected chi connectivity index (χ4v) is 8.86. The van der Waals surface area contributed by atoms with Crippen LogP contribution in [0.15, 0.2) is 72.8 Å². The Balaban J connectivity index is 1.41. The minimum absolute atomic E-state index is 0.313. The number of hydrogen-bond acceptors (Lipinski definition) is 3. The first kappa shape index (κ1) is 32.5. The monoisotopic (exact) mass is 597 g/mol. The second kappa shape index (κ2) is 15.9. The Hall–Kier alpha value is -2.85. The Morgan fingerprint density at radius 1 is 0.955 bits per heavy atom. The molecule has 44 heavy (non-hydrogen) atoms. The third-order valence-corrected chi connectivity index (χ3v) is 11.2. The second-order valence-corrected chi connectivity index (χ2v) is 14.1. The lowest BCUT2D eigenvalue weighted by Gasteiger charge is -2.45. The maximum Gasteiger partial charge on any atom is 0.307 e. The number of aromatic hydroxyl groups is 1. The van der Waals surface area contributed by atoms with Crippen LogP contribution in [-0.2, 0) is 16.6 Å². The van der Waals surface area contributed by atoms with Gasteiger partial charge < -0.3 is 15.5 Å². The molecule has 0 aromatic heterocycles. The number of aliphatic carboxylic acids is 1. The lowest BCUT2D eigenvalue weighted by atomic mass is 9.58. The molecule has 4 nitrogen and oxygen atoms in total. The van der Waals surface area contributed by atoms with Crippen molar-refractivity contribution in [2.24, 2.45) is 23.7 Å². The quantitative estimate of drug-likeness (QED) is 0.178. The highest BCUT2D eigenvalue weighted by atomic mass is 16.4. The second-order valence-electron chi connectivity index (χ2n) is 14.1. The van der Waals surface area contributed by atoms with Gasteiger partial charge in [0.2, 0.25) is 0 Å². The number of carboxylic acids is 1. The Kier molecular flexibility index (Phi) is 11.8. The van der Waals surface area contributed by atoms with E-state index in [-0.39, 0.29) is 5.41 Å². The van der Waals surface area contributed by atoms with Gasteiger partial charge >= 0.3 is 5.97 Å². The van der Waals surface area contributed by atoms with Crippen molar-refractivity contribution in [2.75, 3.05) is 13.6 Å². The summed E-state index contributed by atoms with van der Waals surface area (Å²) >= 11 is 0. The van der Waals surface area contributed by atoms with Gasteiger partial charge in [-0.15, -0.1) is 0 Å². The van der Waals surface area contributed by atoms with Crippen LogP contribution in [0.1, 0.15) is 112 Å². The molecule has 2 bridgehead atoms. The average molecular weight is 598 g/mol. The summed E-state index contributed by atoms with van der Waals surface area (Å²) in [6, 6.07) is 16.9. The molecular formula is C40H55NO3. The maximum absolute atomic E-state index is 13.0. The van der Waals surface area contributed by atoms with Crippen LogP contribution in [0.3, 0.4) is 0 Å². The van der Waals surface area contributed by atoms with E-state index in [0.29, 0.717) is 29.9 Å². The summed E-state index contributed by atoms with van der Waals surface area (Å²) in [5.41, 5.74) is 3.46. The fraction of sp³-hybridized carbons (Fsp3) is 0.575. The molecule has 0 amide bonds. The van der Waals surface area contributed by atoms with Crippen LogP contribution in [0.2, 0.25) is 0 Å². The van der Waals surface area contributed by atoms with Gasteiger partial charge in [0, 0.05) is 5.41 Å². The normalized spacial score (nSPS) is 29.6. The molecule has 1 spiro atoms. The Morgan fingerprint density at radius 3 is 2.50 bits per heavy atom. The molecule has 2 aromatic carbocycles. The predicted octanol–water partition coefficient (Wildman–Crippen LogP) is 9.34. The molecule has 0 saturated heterocycles. The molecule has 1 saturated carbocycles. The van der Waals surface area contributed by atoms with Gasteiger partial charge in [0.1, 0.15) is 5.75 Å². The van der Waals surface area contributed by atoms with Crippen molar-refractivity contribution in [3.63, 3.8) is 0 Å². The van der Waals surface area contributed by atoms with Gasteiger partial charge in [-0.25, -0.2) is 0 Å². The standard InChI is InChI=1S/C40H55NO3/c1-41-29-32-16-11-25-40(28-32)35-19-10-15-31(26-35)27-37(34-21-23-36(42)24-22-34)33(18-8-9-20-38(40)39(43)44)17-5-3-2-4-12-30-13-6-7-14-30/h6,8-10,13,15,19,21-24,26,30,32-33,37-38,41-42H,2-5,7,11-12,14,16-18,20,25,27-29H2,1H3,(H,43,44)/b9-8+/t30-,32-,33-,37-,38+,40-/m1/s1. The Morgan fingerprint density at radius 2 is 1.75 bits per heavy atom. The van der Waals surface area contributed by atoms with E-state index in [1.165, 1.54) is 61.6 Å². The Labute approximate surface area is 266 Å². The molecule has 0 aliphatic heterocycles. The van der Waals surface area contributed by atoms with Crippen LogP contribution in [0.25, 0.3) is 0 Å². The fourth-order valence-electron chi connectivity index (χ4n) is 8.86. The van der Waals surface area contributed by atoms with E-state index in [2.05, 4.69) is 66.0 Å². The number of nitrogens with one attached hydrogen (secondary N) is 1. The molecule has 3 aliphatic rings. The summed E-state index contributed by atoms with van der Waals surface area (Å²) in [4.78, 5) is 13.0. The molecule has 238 valence electrons. The third kappa shape index (κ3) is 8.24.